The first-order valence-corrected chi connectivity index (χ1v) is 19.4. The average molecular weight is 695 g/mol. The van der Waals surface area contributed by atoms with Gasteiger partial charge in [0.2, 0.25) is 0 Å². The number of nitrogens with zero attached hydrogens (tertiary/aromatic N) is 4. The molecule has 12 rings (SSSR count). The summed E-state index contributed by atoms with van der Waals surface area (Å²) >= 11 is 0. The molecule has 0 atom stereocenters. The van der Waals surface area contributed by atoms with Gasteiger partial charge in [-0.25, -0.2) is 15.0 Å². The van der Waals surface area contributed by atoms with Crippen LogP contribution in [0.4, 0.5) is 0 Å². The van der Waals surface area contributed by atoms with Crippen LogP contribution in [0.15, 0.2) is 146 Å². The van der Waals surface area contributed by atoms with E-state index >= 15 is 0 Å². The predicted octanol–water partition coefficient (Wildman–Crippen LogP) is 11.8. The maximum absolute atomic E-state index is 10.0. The molecule has 7 aromatic rings. The molecule has 0 unspecified atom stereocenters. The van der Waals surface area contributed by atoms with E-state index in [0.717, 1.165) is 39.7 Å². The Morgan fingerprint density at radius 3 is 1.50 bits per heavy atom. The monoisotopic (exact) mass is 694 g/mol. The quantitative estimate of drug-likeness (QED) is 0.180. The third-order valence-electron chi connectivity index (χ3n) is 13.1. The Kier molecular flexibility index (Phi) is 7.07. The Morgan fingerprint density at radius 2 is 0.907 bits per heavy atom. The van der Waals surface area contributed by atoms with Crippen LogP contribution < -0.4 is 0 Å². The lowest BCUT2D eigenvalue weighted by atomic mass is 9.43. The number of benzene rings is 6. The fourth-order valence-electron chi connectivity index (χ4n) is 11.2. The van der Waals surface area contributed by atoms with Crippen molar-refractivity contribution in [2.24, 2.45) is 23.7 Å². The van der Waals surface area contributed by atoms with E-state index in [1.807, 2.05) is 66.7 Å². The average Bonchev–Trinajstić information content (AvgIpc) is 3.52. The predicted molar refractivity (Wildman–Crippen MR) is 215 cm³/mol. The topological polar surface area (TPSA) is 62.5 Å². The van der Waals surface area contributed by atoms with E-state index in [1.54, 1.807) is 0 Å². The van der Waals surface area contributed by atoms with E-state index in [4.69, 9.17) is 15.0 Å². The maximum atomic E-state index is 10.0. The lowest BCUT2D eigenvalue weighted by Gasteiger charge is -2.61. The Hall–Kier alpha value is -6.18. The minimum Gasteiger partial charge on any atom is -0.208 e. The highest BCUT2D eigenvalue weighted by Crippen LogP contribution is 2.69. The molecule has 5 aliphatic carbocycles. The zero-order valence-corrected chi connectivity index (χ0v) is 30.0. The number of aromatic nitrogens is 3. The zero-order chi connectivity index (χ0) is 35.8. The van der Waals surface area contributed by atoms with Crippen molar-refractivity contribution in [3.05, 3.63) is 162 Å². The molecule has 0 saturated heterocycles. The van der Waals surface area contributed by atoms with Gasteiger partial charge in [0.15, 0.2) is 17.5 Å². The number of nitriles is 1. The van der Waals surface area contributed by atoms with E-state index in [1.165, 1.54) is 71.0 Å². The highest BCUT2D eigenvalue weighted by Gasteiger charge is 2.61. The Bertz CT molecular complexity index is 2550. The summed E-state index contributed by atoms with van der Waals surface area (Å²) in [7, 11) is 0. The SMILES string of the molecule is N#Cc1ccc2c(c1)C1(c3cc(-c4ccccc4-c4cccc(-c5nc(-c6ccccc6)nc(-c6ccccc6)n5)c4)ccc3-2)C2CC3CC(C2)CC1C3. The van der Waals surface area contributed by atoms with Crippen molar-refractivity contribution in [1.29, 1.82) is 5.26 Å². The van der Waals surface area contributed by atoms with E-state index in [-0.39, 0.29) is 5.41 Å². The molecule has 4 nitrogen and oxygen atoms in total. The maximum Gasteiger partial charge on any atom is 0.164 e. The van der Waals surface area contributed by atoms with Crippen LogP contribution in [0, 0.1) is 35.0 Å². The molecule has 4 fully saturated rings. The van der Waals surface area contributed by atoms with Crippen LogP contribution in [-0.4, -0.2) is 15.0 Å². The second-order valence-corrected chi connectivity index (χ2v) is 16.0. The summed E-state index contributed by atoms with van der Waals surface area (Å²) < 4.78 is 0. The van der Waals surface area contributed by atoms with Gasteiger partial charge >= 0.3 is 0 Å². The van der Waals surface area contributed by atoms with Crippen LogP contribution in [0.5, 0.6) is 0 Å². The molecule has 4 saturated carbocycles. The third kappa shape index (κ3) is 4.78. The van der Waals surface area contributed by atoms with Crippen LogP contribution in [-0.2, 0) is 5.41 Å². The molecule has 0 radical (unpaired) electrons. The van der Waals surface area contributed by atoms with E-state index in [0.29, 0.717) is 29.3 Å². The minimum atomic E-state index is -0.0125. The first-order chi connectivity index (χ1) is 26.7. The Labute approximate surface area is 316 Å². The molecule has 4 bridgehead atoms. The molecule has 1 heterocycles. The van der Waals surface area contributed by atoms with E-state index in [2.05, 4.69) is 84.9 Å². The molecule has 5 aliphatic rings. The summed E-state index contributed by atoms with van der Waals surface area (Å²) in [5.41, 5.74) is 14.0. The van der Waals surface area contributed by atoms with E-state index < -0.39 is 0 Å². The van der Waals surface area contributed by atoms with Crippen molar-refractivity contribution in [3.63, 3.8) is 0 Å². The summed E-state index contributed by atoms with van der Waals surface area (Å²) in [4.78, 5) is 15.0. The zero-order valence-electron chi connectivity index (χ0n) is 30.0. The van der Waals surface area contributed by atoms with Gasteiger partial charge < -0.3 is 0 Å². The van der Waals surface area contributed by atoms with Crippen molar-refractivity contribution in [3.8, 4) is 73.6 Å². The van der Waals surface area contributed by atoms with Crippen LogP contribution >= 0.6 is 0 Å². The van der Waals surface area contributed by atoms with Gasteiger partial charge in [-0.3, -0.25) is 0 Å². The molecule has 1 aromatic heterocycles. The van der Waals surface area contributed by atoms with Crippen molar-refractivity contribution in [1.82, 2.24) is 15.0 Å². The summed E-state index contributed by atoms with van der Waals surface area (Å²) in [6.45, 7) is 0. The molecule has 6 aromatic carbocycles. The van der Waals surface area contributed by atoms with Crippen molar-refractivity contribution < 1.29 is 0 Å². The van der Waals surface area contributed by atoms with Gasteiger partial charge in [-0.05, 0) is 125 Å². The standard InChI is InChI=1S/C50H38N4/c51-30-31-18-20-43-44-21-19-37(29-46(44)50(45(43)27-31)39-23-32-22-33(25-39)26-40(50)24-32)42-17-8-7-16-41(42)36-14-9-15-38(28-36)49-53-47(34-10-3-1-4-11-34)52-48(54-49)35-12-5-2-6-13-35/h1-21,27-29,32-33,39-40H,22-26H2. The van der Waals surface area contributed by atoms with Crippen LogP contribution in [0.3, 0.4) is 0 Å². The second-order valence-electron chi connectivity index (χ2n) is 16.0. The normalized spacial score (nSPS) is 22.9. The summed E-state index contributed by atoms with van der Waals surface area (Å²) in [5.74, 6) is 4.95. The van der Waals surface area contributed by atoms with Crippen molar-refractivity contribution >= 4 is 0 Å². The molecule has 1 spiro atoms. The van der Waals surface area contributed by atoms with Crippen molar-refractivity contribution in [2.75, 3.05) is 0 Å². The first kappa shape index (κ1) is 31.4. The number of hydrogen-bond donors (Lipinski definition) is 0. The largest absolute Gasteiger partial charge is 0.208 e. The van der Waals surface area contributed by atoms with Gasteiger partial charge in [0.05, 0.1) is 11.6 Å². The van der Waals surface area contributed by atoms with Gasteiger partial charge in [-0.1, -0.05) is 121 Å². The molecule has 54 heavy (non-hydrogen) atoms. The summed E-state index contributed by atoms with van der Waals surface area (Å²) in [5, 5.41) is 10.0. The van der Waals surface area contributed by atoms with Gasteiger partial charge in [0.25, 0.3) is 0 Å². The van der Waals surface area contributed by atoms with Gasteiger partial charge in [-0.2, -0.15) is 5.26 Å². The second kappa shape index (κ2) is 12.2. The molecular weight excluding hydrogens is 657 g/mol. The Morgan fingerprint density at radius 1 is 0.426 bits per heavy atom. The fraction of sp³-hybridized carbons (Fsp3) is 0.200. The van der Waals surface area contributed by atoms with Crippen LogP contribution in [0.2, 0.25) is 0 Å². The van der Waals surface area contributed by atoms with Gasteiger partial charge in [0, 0.05) is 22.1 Å². The van der Waals surface area contributed by atoms with Gasteiger partial charge in [0.1, 0.15) is 0 Å². The highest BCUT2D eigenvalue weighted by atomic mass is 15.0. The molecule has 258 valence electrons. The third-order valence-corrected chi connectivity index (χ3v) is 13.1. The first-order valence-electron chi connectivity index (χ1n) is 19.4. The molecular formula is C50H38N4. The Balaban J connectivity index is 1.04. The molecule has 0 aliphatic heterocycles. The van der Waals surface area contributed by atoms with Gasteiger partial charge in [-0.15, -0.1) is 0 Å². The lowest BCUT2D eigenvalue weighted by molar-refractivity contribution is -0.0399. The number of fused-ring (bicyclic) bond motifs is 3. The lowest BCUT2D eigenvalue weighted by Crippen LogP contribution is -2.55. The highest BCUT2D eigenvalue weighted by molar-refractivity contribution is 5.89. The number of rotatable bonds is 5. The molecule has 0 amide bonds. The van der Waals surface area contributed by atoms with Crippen molar-refractivity contribution in [2.45, 2.75) is 37.5 Å². The van der Waals surface area contributed by atoms with Crippen LogP contribution in [0.1, 0.15) is 48.8 Å². The molecule has 0 N–H and O–H groups in total. The minimum absolute atomic E-state index is 0.0125. The molecule has 4 heteroatoms. The smallest absolute Gasteiger partial charge is 0.164 e. The van der Waals surface area contributed by atoms with Crippen LogP contribution in [0.25, 0.3) is 67.5 Å². The number of hydrogen-bond acceptors (Lipinski definition) is 4. The summed E-state index contributed by atoms with van der Waals surface area (Å²) in [6, 6.07) is 54.0. The van der Waals surface area contributed by atoms with E-state index in [9.17, 15) is 5.26 Å². The fourth-order valence-corrected chi connectivity index (χ4v) is 11.2. The summed E-state index contributed by atoms with van der Waals surface area (Å²) in [6.07, 6.45) is 6.66.